The SMILES string of the molecule is CCNC(=NCc1cnc(C)s1)NCC(CCO)CC(C)C. The van der Waals surface area contributed by atoms with Crippen molar-refractivity contribution >= 4 is 17.3 Å². The number of nitrogens with zero attached hydrogens (tertiary/aromatic N) is 2. The highest BCUT2D eigenvalue weighted by atomic mass is 32.1. The Morgan fingerprint density at radius 1 is 1.41 bits per heavy atom. The molecule has 1 rings (SSSR count). The van der Waals surface area contributed by atoms with Gasteiger partial charge < -0.3 is 15.7 Å². The summed E-state index contributed by atoms with van der Waals surface area (Å²) in [6, 6.07) is 0. The molecule has 3 N–H and O–H groups in total. The van der Waals surface area contributed by atoms with Crippen LogP contribution in [0, 0.1) is 18.8 Å². The van der Waals surface area contributed by atoms with Gasteiger partial charge >= 0.3 is 0 Å². The van der Waals surface area contributed by atoms with Crippen molar-refractivity contribution in [3.05, 3.63) is 16.1 Å². The van der Waals surface area contributed by atoms with Gasteiger partial charge in [0.05, 0.1) is 11.6 Å². The smallest absolute Gasteiger partial charge is 0.191 e. The van der Waals surface area contributed by atoms with Gasteiger partial charge in [-0.15, -0.1) is 11.3 Å². The number of aromatic nitrogens is 1. The van der Waals surface area contributed by atoms with Crippen LogP contribution in [0.15, 0.2) is 11.2 Å². The summed E-state index contributed by atoms with van der Waals surface area (Å²) in [4.78, 5) is 10.0. The van der Waals surface area contributed by atoms with Crippen LogP contribution < -0.4 is 10.6 Å². The number of nitrogens with one attached hydrogen (secondary N) is 2. The quantitative estimate of drug-likeness (QED) is 0.482. The van der Waals surface area contributed by atoms with Crippen LogP contribution in [0.3, 0.4) is 0 Å². The van der Waals surface area contributed by atoms with Crippen molar-refractivity contribution in [1.82, 2.24) is 15.6 Å². The maximum atomic E-state index is 9.19. The Balaban J connectivity index is 2.54. The van der Waals surface area contributed by atoms with E-state index in [0.717, 1.165) is 36.9 Å². The molecule has 5 nitrogen and oxygen atoms in total. The largest absolute Gasteiger partial charge is 0.396 e. The van der Waals surface area contributed by atoms with Gasteiger partial charge in [-0.25, -0.2) is 9.98 Å². The molecular weight excluding hydrogens is 296 g/mol. The van der Waals surface area contributed by atoms with E-state index in [0.29, 0.717) is 18.4 Å². The van der Waals surface area contributed by atoms with Crippen LogP contribution in [-0.4, -0.2) is 35.7 Å². The lowest BCUT2D eigenvalue weighted by molar-refractivity contribution is 0.243. The van der Waals surface area contributed by atoms with Crippen molar-refractivity contribution in [2.45, 2.75) is 47.1 Å². The molecule has 0 saturated carbocycles. The molecule has 0 amide bonds. The number of aliphatic hydroxyl groups is 1. The Kier molecular flexibility index (Phi) is 9.08. The summed E-state index contributed by atoms with van der Waals surface area (Å²) in [6.07, 6.45) is 3.83. The minimum absolute atomic E-state index is 0.243. The van der Waals surface area contributed by atoms with Crippen LogP contribution in [0.2, 0.25) is 0 Å². The van der Waals surface area contributed by atoms with E-state index in [1.165, 1.54) is 4.88 Å². The van der Waals surface area contributed by atoms with Crippen molar-refractivity contribution in [2.75, 3.05) is 19.7 Å². The van der Waals surface area contributed by atoms with E-state index in [9.17, 15) is 5.11 Å². The van der Waals surface area contributed by atoms with Crippen LogP contribution in [0.5, 0.6) is 0 Å². The van der Waals surface area contributed by atoms with Gasteiger partial charge in [-0.2, -0.15) is 0 Å². The first-order chi connectivity index (χ1) is 10.5. The molecule has 0 saturated heterocycles. The molecule has 0 spiro atoms. The number of hydrogen-bond acceptors (Lipinski definition) is 4. The van der Waals surface area contributed by atoms with Gasteiger partial charge in [-0.3, -0.25) is 0 Å². The normalized spacial score (nSPS) is 13.5. The second-order valence-corrected chi connectivity index (χ2v) is 7.25. The first-order valence-electron chi connectivity index (χ1n) is 8.09. The van der Waals surface area contributed by atoms with E-state index >= 15 is 0 Å². The van der Waals surface area contributed by atoms with Gasteiger partial charge in [0, 0.05) is 30.8 Å². The van der Waals surface area contributed by atoms with Gasteiger partial charge in [0.2, 0.25) is 0 Å². The van der Waals surface area contributed by atoms with E-state index in [1.807, 2.05) is 13.1 Å². The topological polar surface area (TPSA) is 69.5 Å². The fraction of sp³-hybridized carbons (Fsp3) is 0.750. The number of aliphatic hydroxyl groups excluding tert-OH is 1. The lowest BCUT2D eigenvalue weighted by Gasteiger charge is -2.20. The monoisotopic (exact) mass is 326 g/mol. The molecular formula is C16H30N4OS. The van der Waals surface area contributed by atoms with E-state index < -0.39 is 0 Å². The predicted molar refractivity (Wildman–Crippen MR) is 94.3 cm³/mol. The Bertz CT molecular complexity index is 445. The molecule has 0 aliphatic heterocycles. The van der Waals surface area contributed by atoms with Crippen molar-refractivity contribution < 1.29 is 5.11 Å². The Hall–Kier alpha value is -1.14. The molecule has 1 aromatic heterocycles. The maximum absolute atomic E-state index is 9.19. The number of aliphatic imine (C=N–C) groups is 1. The Morgan fingerprint density at radius 3 is 2.73 bits per heavy atom. The third-order valence-corrected chi connectivity index (χ3v) is 4.20. The summed E-state index contributed by atoms with van der Waals surface area (Å²) >= 11 is 1.68. The predicted octanol–water partition coefficient (Wildman–Crippen LogP) is 2.55. The minimum Gasteiger partial charge on any atom is -0.396 e. The lowest BCUT2D eigenvalue weighted by Crippen LogP contribution is -2.40. The fourth-order valence-electron chi connectivity index (χ4n) is 2.37. The average molecular weight is 327 g/mol. The number of hydrogen-bond donors (Lipinski definition) is 3. The summed E-state index contributed by atoms with van der Waals surface area (Å²) in [6.45, 7) is 11.1. The van der Waals surface area contributed by atoms with Crippen LogP contribution in [0.4, 0.5) is 0 Å². The number of aryl methyl sites for hydroxylation is 1. The number of thiazole rings is 1. The van der Waals surface area contributed by atoms with Crippen molar-refractivity contribution in [3.63, 3.8) is 0 Å². The summed E-state index contributed by atoms with van der Waals surface area (Å²) in [5.41, 5.74) is 0. The third kappa shape index (κ3) is 7.75. The second-order valence-electron chi connectivity index (χ2n) is 5.93. The van der Waals surface area contributed by atoms with Gasteiger partial charge in [-0.05, 0) is 38.5 Å². The van der Waals surface area contributed by atoms with Gasteiger partial charge in [0.25, 0.3) is 0 Å². The summed E-state index contributed by atoms with van der Waals surface area (Å²) in [5, 5.41) is 16.9. The molecule has 1 atom stereocenters. The van der Waals surface area contributed by atoms with Crippen molar-refractivity contribution in [2.24, 2.45) is 16.8 Å². The highest BCUT2D eigenvalue weighted by Crippen LogP contribution is 2.14. The first kappa shape index (κ1) is 18.9. The second kappa shape index (κ2) is 10.6. The molecule has 1 unspecified atom stereocenters. The molecule has 1 heterocycles. The number of guanidine groups is 1. The molecule has 0 aliphatic carbocycles. The molecule has 6 heteroatoms. The number of rotatable bonds is 9. The standard InChI is InChI=1S/C16H30N4OS/c1-5-17-16(20-11-15-10-18-13(4)22-15)19-9-14(6-7-21)8-12(2)3/h10,12,14,21H,5-9,11H2,1-4H3,(H2,17,19,20). The third-order valence-electron chi connectivity index (χ3n) is 3.31. The summed E-state index contributed by atoms with van der Waals surface area (Å²) < 4.78 is 0. The van der Waals surface area contributed by atoms with Crippen LogP contribution in [0.25, 0.3) is 0 Å². The highest BCUT2D eigenvalue weighted by molar-refractivity contribution is 7.11. The van der Waals surface area contributed by atoms with E-state index in [2.05, 4.69) is 41.4 Å². The van der Waals surface area contributed by atoms with Crippen molar-refractivity contribution in [3.8, 4) is 0 Å². The molecule has 0 radical (unpaired) electrons. The van der Waals surface area contributed by atoms with E-state index in [4.69, 9.17) is 0 Å². The Morgan fingerprint density at radius 2 is 2.18 bits per heavy atom. The molecule has 126 valence electrons. The van der Waals surface area contributed by atoms with Crippen LogP contribution in [-0.2, 0) is 6.54 Å². The minimum atomic E-state index is 0.243. The maximum Gasteiger partial charge on any atom is 0.191 e. The van der Waals surface area contributed by atoms with E-state index in [-0.39, 0.29) is 6.61 Å². The first-order valence-corrected chi connectivity index (χ1v) is 8.91. The zero-order valence-corrected chi connectivity index (χ0v) is 15.0. The van der Waals surface area contributed by atoms with Crippen LogP contribution in [0.1, 0.15) is 43.5 Å². The van der Waals surface area contributed by atoms with E-state index in [1.54, 1.807) is 11.3 Å². The van der Waals surface area contributed by atoms with Gasteiger partial charge in [0.1, 0.15) is 0 Å². The molecule has 0 aromatic carbocycles. The Labute approximate surface area is 138 Å². The zero-order valence-electron chi connectivity index (χ0n) is 14.2. The fourth-order valence-corrected chi connectivity index (χ4v) is 3.09. The molecule has 1 aromatic rings. The molecule has 0 aliphatic rings. The van der Waals surface area contributed by atoms with Crippen molar-refractivity contribution in [1.29, 1.82) is 0 Å². The molecule has 0 bridgehead atoms. The van der Waals surface area contributed by atoms with Gasteiger partial charge in [-0.1, -0.05) is 13.8 Å². The van der Waals surface area contributed by atoms with Gasteiger partial charge in [0.15, 0.2) is 5.96 Å². The van der Waals surface area contributed by atoms with Crippen LogP contribution >= 0.6 is 11.3 Å². The molecule has 22 heavy (non-hydrogen) atoms. The summed E-state index contributed by atoms with van der Waals surface area (Å²) in [7, 11) is 0. The summed E-state index contributed by atoms with van der Waals surface area (Å²) in [5.74, 6) is 1.94. The lowest BCUT2D eigenvalue weighted by atomic mass is 9.94. The zero-order chi connectivity index (χ0) is 16.4. The molecule has 0 fully saturated rings. The average Bonchev–Trinajstić information content (AvgIpc) is 2.87. The highest BCUT2D eigenvalue weighted by Gasteiger charge is 2.11.